The van der Waals surface area contributed by atoms with Gasteiger partial charge in [-0.25, -0.2) is 8.78 Å². The number of nitrogens with one attached hydrogen (secondary N) is 2. The summed E-state index contributed by atoms with van der Waals surface area (Å²) in [7, 11) is 0. The molecule has 0 aromatic heterocycles. The van der Waals surface area contributed by atoms with Crippen LogP contribution in [-0.4, -0.2) is 42.2 Å². The summed E-state index contributed by atoms with van der Waals surface area (Å²) < 4.78 is 26.0. The van der Waals surface area contributed by atoms with Gasteiger partial charge in [-0.2, -0.15) is 0 Å². The number of hydrogen-bond acceptors (Lipinski definition) is 3. The molecule has 118 valence electrons. The molecule has 7 heteroatoms. The highest BCUT2D eigenvalue weighted by molar-refractivity contribution is 5.85. The molecule has 1 saturated heterocycles. The van der Waals surface area contributed by atoms with Crippen molar-refractivity contribution < 1.29 is 18.7 Å². The van der Waals surface area contributed by atoms with Gasteiger partial charge in [-0.3, -0.25) is 10.1 Å². The summed E-state index contributed by atoms with van der Waals surface area (Å²) in [6.45, 7) is 3.80. The van der Waals surface area contributed by atoms with Crippen molar-refractivity contribution in [2.24, 2.45) is 11.3 Å². The van der Waals surface area contributed by atoms with Gasteiger partial charge in [0.25, 0.3) is 5.92 Å². The van der Waals surface area contributed by atoms with E-state index >= 15 is 0 Å². The highest BCUT2D eigenvalue weighted by Crippen LogP contribution is 2.50. The van der Waals surface area contributed by atoms with Gasteiger partial charge in [0, 0.05) is 18.4 Å². The minimum absolute atomic E-state index is 0. The normalized spacial score (nSPS) is 27.8. The molecular formula is C13H23ClF2N2O2. The number of carbonyl (C=O) groups is 1. The first kappa shape index (κ1) is 17.6. The molecule has 4 nitrogen and oxygen atoms in total. The van der Waals surface area contributed by atoms with Crippen LogP contribution in [0.25, 0.3) is 0 Å². The third-order valence-corrected chi connectivity index (χ3v) is 4.19. The highest BCUT2D eigenvalue weighted by atomic mass is 35.5. The Labute approximate surface area is 124 Å². The first-order valence-corrected chi connectivity index (χ1v) is 6.83. The van der Waals surface area contributed by atoms with Crippen molar-refractivity contribution >= 4 is 18.3 Å². The topological polar surface area (TPSA) is 61.4 Å². The van der Waals surface area contributed by atoms with E-state index in [1.807, 2.05) is 13.8 Å². The molecule has 2 rings (SSSR count). The van der Waals surface area contributed by atoms with Crippen LogP contribution in [0.5, 0.6) is 0 Å². The number of halogens is 3. The maximum atomic E-state index is 13.0. The van der Waals surface area contributed by atoms with Gasteiger partial charge >= 0.3 is 0 Å². The molecule has 2 aliphatic rings. The van der Waals surface area contributed by atoms with Crippen LogP contribution in [0.1, 0.15) is 33.1 Å². The average Bonchev–Trinajstić information content (AvgIpc) is 3.03. The van der Waals surface area contributed by atoms with Crippen molar-refractivity contribution in [1.82, 2.24) is 10.6 Å². The van der Waals surface area contributed by atoms with Crippen molar-refractivity contribution in [1.29, 1.82) is 0 Å². The van der Waals surface area contributed by atoms with E-state index in [4.69, 9.17) is 0 Å². The molecule has 0 aromatic rings. The fourth-order valence-corrected chi connectivity index (χ4v) is 2.73. The highest BCUT2D eigenvalue weighted by Gasteiger charge is 2.50. The fraction of sp³-hybridized carbons (Fsp3) is 0.923. The molecular weight excluding hydrogens is 290 g/mol. The molecule has 2 atom stereocenters. The maximum Gasteiger partial charge on any atom is 0.262 e. The van der Waals surface area contributed by atoms with E-state index in [1.165, 1.54) is 0 Å². The van der Waals surface area contributed by atoms with E-state index in [1.54, 1.807) is 0 Å². The maximum absolute atomic E-state index is 13.0. The fourth-order valence-electron chi connectivity index (χ4n) is 2.73. The van der Waals surface area contributed by atoms with E-state index in [0.29, 0.717) is 6.54 Å². The summed E-state index contributed by atoms with van der Waals surface area (Å²) in [6, 6.07) is -0.818. The monoisotopic (exact) mass is 312 g/mol. The Bertz CT molecular complexity index is 362. The second kappa shape index (κ2) is 6.12. The molecule has 1 amide bonds. The van der Waals surface area contributed by atoms with Gasteiger partial charge in [0.1, 0.15) is 0 Å². The third kappa shape index (κ3) is 3.80. The van der Waals surface area contributed by atoms with Crippen LogP contribution in [-0.2, 0) is 4.79 Å². The van der Waals surface area contributed by atoms with E-state index < -0.39 is 31.0 Å². The summed E-state index contributed by atoms with van der Waals surface area (Å²) in [5.74, 6) is -3.05. The van der Waals surface area contributed by atoms with Crippen LogP contribution >= 0.6 is 12.4 Å². The van der Waals surface area contributed by atoms with Gasteiger partial charge in [0.05, 0.1) is 18.7 Å². The van der Waals surface area contributed by atoms with Gasteiger partial charge in [0.15, 0.2) is 0 Å². The molecule has 0 spiro atoms. The Hall–Kier alpha value is -0.460. The first-order chi connectivity index (χ1) is 8.76. The summed E-state index contributed by atoms with van der Waals surface area (Å²) in [5, 5.41) is 15.3. The van der Waals surface area contributed by atoms with E-state index in [2.05, 4.69) is 10.6 Å². The van der Waals surface area contributed by atoms with Crippen LogP contribution in [0.15, 0.2) is 0 Å². The van der Waals surface area contributed by atoms with Crippen LogP contribution in [0.4, 0.5) is 8.78 Å². The zero-order chi connectivity index (χ0) is 14.3. The van der Waals surface area contributed by atoms with Crippen LogP contribution in [0.3, 0.4) is 0 Å². The smallest absolute Gasteiger partial charge is 0.262 e. The van der Waals surface area contributed by atoms with Crippen molar-refractivity contribution in [3.05, 3.63) is 0 Å². The lowest BCUT2D eigenvalue weighted by Gasteiger charge is -2.26. The molecule has 1 aliphatic heterocycles. The SMILES string of the molecule is CC(C)C(O)C1(CNC(=O)C2CC(F)(F)CN2)CC1.Cl. The zero-order valence-corrected chi connectivity index (χ0v) is 12.6. The summed E-state index contributed by atoms with van der Waals surface area (Å²) >= 11 is 0. The van der Waals surface area contributed by atoms with Gasteiger partial charge in [-0.15, -0.1) is 12.4 Å². The lowest BCUT2D eigenvalue weighted by atomic mass is 9.90. The van der Waals surface area contributed by atoms with Crippen LogP contribution < -0.4 is 10.6 Å². The lowest BCUT2D eigenvalue weighted by molar-refractivity contribution is -0.124. The standard InChI is InChI=1S/C13H22F2N2O2.ClH/c1-8(2)10(18)12(3-4-12)6-17-11(19)9-5-13(14,15)7-16-9;/h8-10,16,18H,3-7H2,1-2H3,(H,17,19);1H. The number of amides is 1. The number of rotatable bonds is 5. The Balaban J connectivity index is 0.00000200. The van der Waals surface area contributed by atoms with Gasteiger partial charge in [-0.05, 0) is 18.8 Å². The second-order valence-electron chi connectivity index (χ2n) is 6.26. The molecule has 0 aromatic carbocycles. The van der Waals surface area contributed by atoms with E-state index in [0.717, 1.165) is 12.8 Å². The van der Waals surface area contributed by atoms with Gasteiger partial charge in [-0.1, -0.05) is 13.8 Å². The molecule has 20 heavy (non-hydrogen) atoms. The second-order valence-corrected chi connectivity index (χ2v) is 6.26. The predicted octanol–water partition coefficient (Wildman–Crippen LogP) is 1.32. The number of aliphatic hydroxyl groups excluding tert-OH is 1. The Morgan fingerprint density at radius 1 is 1.45 bits per heavy atom. The molecule has 1 aliphatic carbocycles. The predicted molar refractivity (Wildman–Crippen MR) is 74.1 cm³/mol. The number of hydrogen-bond donors (Lipinski definition) is 3. The number of alkyl halides is 2. The molecule has 0 radical (unpaired) electrons. The van der Waals surface area contributed by atoms with Gasteiger partial charge in [0.2, 0.25) is 5.91 Å². The molecule has 0 bridgehead atoms. The van der Waals surface area contributed by atoms with Crippen molar-refractivity contribution in [2.45, 2.75) is 51.2 Å². The minimum Gasteiger partial charge on any atom is -0.392 e. The molecule has 1 heterocycles. The van der Waals surface area contributed by atoms with E-state index in [-0.39, 0.29) is 29.6 Å². The summed E-state index contributed by atoms with van der Waals surface area (Å²) in [6.07, 6.45) is 0.853. The average molecular weight is 313 g/mol. The van der Waals surface area contributed by atoms with Crippen LogP contribution in [0.2, 0.25) is 0 Å². The first-order valence-electron chi connectivity index (χ1n) is 6.83. The molecule has 1 saturated carbocycles. The third-order valence-electron chi connectivity index (χ3n) is 4.19. The van der Waals surface area contributed by atoms with Crippen molar-refractivity contribution in [3.63, 3.8) is 0 Å². The summed E-state index contributed by atoms with van der Waals surface area (Å²) in [5.41, 5.74) is -0.245. The Morgan fingerprint density at radius 2 is 2.05 bits per heavy atom. The minimum atomic E-state index is -2.79. The number of aliphatic hydroxyl groups is 1. The van der Waals surface area contributed by atoms with E-state index in [9.17, 15) is 18.7 Å². The quantitative estimate of drug-likeness (QED) is 0.717. The number of carbonyl (C=O) groups excluding carboxylic acids is 1. The zero-order valence-electron chi connectivity index (χ0n) is 11.8. The molecule has 2 unspecified atom stereocenters. The van der Waals surface area contributed by atoms with Crippen molar-refractivity contribution in [2.75, 3.05) is 13.1 Å². The van der Waals surface area contributed by atoms with Crippen molar-refractivity contribution in [3.8, 4) is 0 Å². The molecule has 2 fully saturated rings. The van der Waals surface area contributed by atoms with Gasteiger partial charge < -0.3 is 10.4 Å². The summed E-state index contributed by atoms with van der Waals surface area (Å²) in [4.78, 5) is 11.8. The van der Waals surface area contributed by atoms with Crippen LogP contribution in [0, 0.1) is 11.3 Å². The Morgan fingerprint density at radius 3 is 2.45 bits per heavy atom. The Kier molecular flexibility index (Phi) is 5.38. The lowest BCUT2D eigenvalue weighted by Crippen LogP contribution is -2.45. The molecule has 3 N–H and O–H groups in total. The largest absolute Gasteiger partial charge is 0.392 e.